The molecule has 0 saturated carbocycles. The quantitative estimate of drug-likeness (QED) is 0.632. The zero-order chi connectivity index (χ0) is 10.5. The summed E-state index contributed by atoms with van der Waals surface area (Å²) in [4.78, 5) is 14.6. The van der Waals surface area contributed by atoms with Crippen molar-refractivity contribution in [3.05, 3.63) is 24.0 Å². The van der Waals surface area contributed by atoms with Crippen LogP contribution in [-0.2, 0) is 0 Å². The van der Waals surface area contributed by atoms with E-state index in [1.54, 1.807) is 6.20 Å². The van der Waals surface area contributed by atoms with Gasteiger partial charge in [-0.3, -0.25) is 4.79 Å². The maximum Gasteiger partial charge on any atom is 0.192 e. The fourth-order valence-electron chi connectivity index (χ4n) is 1.86. The molecule has 4 heteroatoms. The molecule has 3 N–H and O–H groups in total. The average Bonchev–Trinajstić information content (AvgIpc) is 2.81. The number of ketones is 1. The lowest BCUT2D eigenvalue weighted by atomic mass is 10.1. The smallest absolute Gasteiger partial charge is 0.192 e. The Balaban J connectivity index is 1.75. The Morgan fingerprint density at radius 1 is 1.60 bits per heavy atom. The highest BCUT2D eigenvalue weighted by Crippen LogP contribution is 2.01. The first-order chi connectivity index (χ1) is 7.36. The number of H-pyrrole nitrogens is 1. The highest BCUT2D eigenvalue weighted by atomic mass is 16.1. The van der Waals surface area contributed by atoms with E-state index in [4.69, 9.17) is 0 Å². The Hall–Kier alpha value is -1.13. The van der Waals surface area contributed by atoms with Crippen molar-refractivity contribution >= 4 is 5.78 Å². The van der Waals surface area contributed by atoms with Gasteiger partial charge in [-0.05, 0) is 31.5 Å². The van der Waals surface area contributed by atoms with Gasteiger partial charge in [0.05, 0.1) is 12.2 Å². The van der Waals surface area contributed by atoms with Gasteiger partial charge < -0.3 is 15.6 Å². The zero-order valence-electron chi connectivity index (χ0n) is 8.75. The van der Waals surface area contributed by atoms with E-state index in [1.807, 2.05) is 12.1 Å². The molecule has 0 spiro atoms. The third-order valence-corrected chi connectivity index (χ3v) is 2.75. The maximum atomic E-state index is 11.6. The van der Waals surface area contributed by atoms with E-state index in [0.717, 1.165) is 19.5 Å². The van der Waals surface area contributed by atoms with Crippen molar-refractivity contribution in [2.24, 2.45) is 0 Å². The number of carbonyl (C=O) groups excluding carboxylic acids is 1. The molecule has 1 aromatic rings. The normalized spacial score (nSPS) is 21.5. The first kappa shape index (κ1) is 10.4. The van der Waals surface area contributed by atoms with E-state index in [1.165, 1.54) is 6.42 Å². The van der Waals surface area contributed by atoms with Crippen LogP contribution >= 0.6 is 0 Å². The summed E-state index contributed by atoms with van der Waals surface area (Å²) < 4.78 is 0. The SMILES string of the molecule is O=C(CNC1CCCNC1)c1ccc[nH]1. The molecule has 15 heavy (non-hydrogen) atoms. The Labute approximate surface area is 89.5 Å². The van der Waals surface area contributed by atoms with Crippen LogP contribution in [0.25, 0.3) is 0 Å². The molecule has 2 rings (SSSR count). The van der Waals surface area contributed by atoms with Crippen LogP contribution in [0, 0.1) is 0 Å². The van der Waals surface area contributed by atoms with Gasteiger partial charge in [0.1, 0.15) is 0 Å². The van der Waals surface area contributed by atoms with Gasteiger partial charge in [0.25, 0.3) is 0 Å². The van der Waals surface area contributed by atoms with Crippen molar-refractivity contribution in [3.8, 4) is 0 Å². The van der Waals surface area contributed by atoms with Crippen LogP contribution in [0.2, 0.25) is 0 Å². The predicted molar refractivity (Wildman–Crippen MR) is 59.0 cm³/mol. The molecular formula is C11H17N3O. The van der Waals surface area contributed by atoms with Crippen molar-refractivity contribution in [2.75, 3.05) is 19.6 Å². The topological polar surface area (TPSA) is 56.9 Å². The second-order valence-electron chi connectivity index (χ2n) is 3.93. The predicted octanol–water partition coefficient (Wildman–Crippen LogP) is 0.539. The van der Waals surface area contributed by atoms with Crippen LogP contribution in [0.4, 0.5) is 0 Å². The second-order valence-corrected chi connectivity index (χ2v) is 3.93. The Morgan fingerprint density at radius 3 is 3.20 bits per heavy atom. The summed E-state index contributed by atoms with van der Waals surface area (Å²) in [7, 11) is 0. The highest BCUT2D eigenvalue weighted by Gasteiger charge is 2.14. The number of hydrogen-bond donors (Lipinski definition) is 3. The Morgan fingerprint density at radius 2 is 2.53 bits per heavy atom. The first-order valence-electron chi connectivity index (χ1n) is 5.47. The van der Waals surface area contributed by atoms with Crippen LogP contribution < -0.4 is 10.6 Å². The fourth-order valence-corrected chi connectivity index (χ4v) is 1.86. The largest absolute Gasteiger partial charge is 0.359 e. The summed E-state index contributed by atoms with van der Waals surface area (Å²) in [6.45, 7) is 2.49. The van der Waals surface area contributed by atoms with Crippen molar-refractivity contribution in [2.45, 2.75) is 18.9 Å². The molecule has 0 bridgehead atoms. The number of aromatic amines is 1. The third kappa shape index (κ3) is 2.91. The summed E-state index contributed by atoms with van der Waals surface area (Å²) in [6.07, 6.45) is 4.12. The van der Waals surface area contributed by atoms with E-state index >= 15 is 0 Å². The molecule has 2 heterocycles. The van der Waals surface area contributed by atoms with Gasteiger partial charge in [-0.2, -0.15) is 0 Å². The molecule has 1 aromatic heterocycles. The van der Waals surface area contributed by atoms with E-state index in [-0.39, 0.29) is 5.78 Å². The van der Waals surface area contributed by atoms with E-state index in [0.29, 0.717) is 18.3 Å². The lowest BCUT2D eigenvalue weighted by Crippen LogP contribution is -2.44. The van der Waals surface area contributed by atoms with Crippen LogP contribution in [0.15, 0.2) is 18.3 Å². The summed E-state index contributed by atoms with van der Waals surface area (Å²) >= 11 is 0. The lowest BCUT2D eigenvalue weighted by molar-refractivity contribution is 0.0981. The van der Waals surface area contributed by atoms with Crippen molar-refractivity contribution in [1.29, 1.82) is 0 Å². The minimum absolute atomic E-state index is 0.130. The summed E-state index contributed by atoms with van der Waals surface area (Å²) in [5, 5.41) is 6.59. The standard InChI is InChI=1S/C11H17N3O/c15-11(10-4-2-6-13-10)8-14-9-3-1-5-12-7-9/h2,4,6,9,12-14H,1,3,5,7-8H2. The second kappa shape index (κ2) is 5.09. The Bertz CT molecular complexity index is 302. The van der Waals surface area contributed by atoms with Gasteiger partial charge in [0, 0.05) is 18.8 Å². The molecule has 1 aliphatic heterocycles. The number of aromatic nitrogens is 1. The van der Waals surface area contributed by atoms with Crippen molar-refractivity contribution in [1.82, 2.24) is 15.6 Å². The number of piperidine rings is 1. The maximum absolute atomic E-state index is 11.6. The average molecular weight is 207 g/mol. The molecular weight excluding hydrogens is 190 g/mol. The number of rotatable bonds is 4. The van der Waals surface area contributed by atoms with Gasteiger partial charge >= 0.3 is 0 Å². The summed E-state index contributed by atoms with van der Waals surface area (Å²) in [5.41, 5.74) is 0.686. The molecule has 1 saturated heterocycles. The fraction of sp³-hybridized carbons (Fsp3) is 0.545. The summed E-state index contributed by atoms with van der Waals surface area (Å²) in [6, 6.07) is 4.09. The van der Waals surface area contributed by atoms with Crippen LogP contribution in [0.5, 0.6) is 0 Å². The molecule has 0 amide bonds. The number of nitrogens with one attached hydrogen (secondary N) is 3. The molecule has 0 aromatic carbocycles. The highest BCUT2D eigenvalue weighted by molar-refractivity contribution is 5.95. The molecule has 0 aliphatic carbocycles. The van der Waals surface area contributed by atoms with Gasteiger partial charge in [-0.25, -0.2) is 0 Å². The van der Waals surface area contributed by atoms with Crippen LogP contribution in [-0.4, -0.2) is 36.4 Å². The summed E-state index contributed by atoms with van der Waals surface area (Å²) in [5.74, 6) is 0.130. The number of carbonyl (C=O) groups is 1. The molecule has 4 nitrogen and oxygen atoms in total. The lowest BCUT2D eigenvalue weighted by Gasteiger charge is -2.23. The number of Topliss-reactive ketones (excluding diaryl/α,β-unsaturated/α-hetero) is 1. The molecule has 82 valence electrons. The Kier molecular flexibility index (Phi) is 3.53. The van der Waals surface area contributed by atoms with Gasteiger partial charge in [0.15, 0.2) is 5.78 Å². The van der Waals surface area contributed by atoms with Crippen LogP contribution in [0.3, 0.4) is 0 Å². The van der Waals surface area contributed by atoms with E-state index < -0.39 is 0 Å². The van der Waals surface area contributed by atoms with Gasteiger partial charge in [-0.1, -0.05) is 0 Å². The van der Waals surface area contributed by atoms with E-state index in [9.17, 15) is 4.79 Å². The van der Waals surface area contributed by atoms with Crippen LogP contribution in [0.1, 0.15) is 23.3 Å². The number of hydrogen-bond acceptors (Lipinski definition) is 3. The first-order valence-corrected chi connectivity index (χ1v) is 5.47. The molecule has 1 fully saturated rings. The molecule has 0 radical (unpaired) electrons. The van der Waals surface area contributed by atoms with Gasteiger partial charge in [-0.15, -0.1) is 0 Å². The third-order valence-electron chi connectivity index (χ3n) is 2.75. The van der Waals surface area contributed by atoms with Crippen molar-refractivity contribution < 1.29 is 4.79 Å². The molecule has 1 aliphatic rings. The minimum atomic E-state index is 0.130. The molecule has 1 atom stereocenters. The minimum Gasteiger partial charge on any atom is -0.359 e. The molecule has 1 unspecified atom stereocenters. The zero-order valence-corrected chi connectivity index (χ0v) is 8.75. The van der Waals surface area contributed by atoms with E-state index in [2.05, 4.69) is 15.6 Å². The monoisotopic (exact) mass is 207 g/mol. The van der Waals surface area contributed by atoms with Gasteiger partial charge in [0.2, 0.25) is 0 Å². The van der Waals surface area contributed by atoms with Crippen molar-refractivity contribution in [3.63, 3.8) is 0 Å².